The van der Waals surface area contributed by atoms with Crippen LogP contribution in [-0.4, -0.2) is 22.7 Å². The summed E-state index contributed by atoms with van der Waals surface area (Å²) in [5.41, 5.74) is 0. The van der Waals surface area contributed by atoms with Gasteiger partial charge in [-0.05, 0) is 25.6 Å². The summed E-state index contributed by atoms with van der Waals surface area (Å²) in [5, 5.41) is 7.44. The van der Waals surface area contributed by atoms with Gasteiger partial charge in [0.05, 0.1) is 11.7 Å². The number of aromatic nitrogens is 2. The zero-order valence-corrected chi connectivity index (χ0v) is 13.0. The minimum Gasteiger partial charge on any atom is -0.339 e. The van der Waals surface area contributed by atoms with Crippen LogP contribution in [-0.2, 0) is 5.75 Å². The van der Waals surface area contributed by atoms with E-state index < -0.39 is 0 Å². The SMILES string of the molecule is CCNC(C)C(C)c1nc(CSc2ccccc2)no1. The molecule has 1 aromatic carbocycles. The summed E-state index contributed by atoms with van der Waals surface area (Å²) in [5.74, 6) is 2.42. The number of nitrogens with zero attached hydrogens (tertiary/aromatic N) is 2. The van der Waals surface area contributed by atoms with Crippen molar-refractivity contribution in [2.24, 2.45) is 0 Å². The summed E-state index contributed by atoms with van der Waals surface area (Å²) in [6.45, 7) is 7.28. The lowest BCUT2D eigenvalue weighted by molar-refractivity contribution is 0.330. The second kappa shape index (κ2) is 7.45. The lowest BCUT2D eigenvalue weighted by Gasteiger charge is -2.16. The van der Waals surface area contributed by atoms with Gasteiger partial charge in [-0.15, -0.1) is 11.8 Å². The molecule has 0 aliphatic rings. The number of hydrogen-bond donors (Lipinski definition) is 1. The van der Waals surface area contributed by atoms with Crippen LogP contribution in [0.5, 0.6) is 0 Å². The molecule has 4 nitrogen and oxygen atoms in total. The third kappa shape index (κ3) is 4.08. The van der Waals surface area contributed by atoms with Gasteiger partial charge in [-0.1, -0.05) is 37.2 Å². The molecule has 5 heteroatoms. The maximum atomic E-state index is 5.37. The maximum Gasteiger partial charge on any atom is 0.231 e. The average Bonchev–Trinajstić information content (AvgIpc) is 2.94. The lowest BCUT2D eigenvalue weighted by atomic mass is 10.0. The average molecular weight is 291 g/mol. The van der Waals surface area contributed by atoms with Crippen LogP contribution in [0.15, 0.2) is 39.8 Å². The van der Waals surface area contributed by atoms with E-state index in [-0.39, 0.29) is 5.92 Å². The molecule has 0 saturated heterocycles. The Hall–Kier alpha value is -1.33. The minimum atomic E-state index is 0.220. The van der Waals surface area contributed by atoms with E-state index in [2.05, 4.69) is 48.4 Å². The molecule has 1 heterocycles. The minimum absolute atomic E-state index is 0.220. The molecule has 0 radical (unpaired) electrons. The standard InChI is InChI=1S/C15H21N3OS/c1-4-16-12(3)11(2)15-17-14(18-19-15)10-20-13-8-6-5-7-9-13/h5-9,11-12,16H,4,10H2,1-3H3. The van der Waals surface area contributed by atoms with E-state index >= 15 is 0 Å². The fraction of sp³-hybridized carbons (Fsp3) is 0.467. The second-order valence-corrected chi connectivity index (χ2v) is 5.83. The molecule has 0 fully saturated rings. The Morgan fingerprint density at radius 3 is 2.70 bits per heavy atom. The van der Waals surface area contributed by atoms with Crippen LogP contribution in [0, 0.1) is 0 Å². The van der Waals surface area contributed by atoms with Crippen molar-refractivity contribution in [3.8, 4) is 0 Å². The predicted octanol–water partition coefficient (Wildman–Crippen LogP) is 3.46. The lowest BCUT2D eigenvalue weighted by Crippen LogP contribution is -2.30. The molecule has 1 aromatic heterocycles. The van der Waals surface area contributed by atoms with Crippen molar-refractivity contribution in [2.75, 3.05) is 6.54 Å². The summed E-state index contributed by atoms with van der Waals surface area (Å²) >= 11 is 1.72. The molecule has 0 amide bonds. The molecule has 2 atom stereocenters. The van der Waals surface area contributed by atoms with Crippen molar-refractivity contribution in [3.63, 3.8) is 0 Å². The van der Waals surface area contributed by atoms with Gasteiger partial charge in [0.2, 0.25) is 5.89 Å². The highest BCUT2D eigenvalue weighted by Crippen LogP contribution is 2.23. The summed E-state index contributed by atoms with van der Waals surface area (Å²) in [7, 11) is 0. The molecule has 2 unspecified atom stereocenters. The number of benzene rings is 1. The van der Waals surface area contributed by atoms with Gasteiger partial charge >= 0.3 is 0 Å². The maximum absolute atomic E-state index is 5.37. The molecule has 2 rings (SSSR count). The van der Waals surface area contributed by atoms with Crippen LogP contribution in [0.3, 0.4) is 0 Å². The fourth-order valence-corrected chi connectivity index (χ4v) is 2.65. The highest BCUT2D eigenvalue weighted by molar-refractivity contribution is 7.98. The number of nitrogens with one attached hydrogen (secondary N) is 1. The Morgan fingerprint density at radius 2 is 2.00 bits per heavy atom. The van der Waals surface area contributed by atoms with Gasteiger partial charge in [-0.3, -0.25) is 0 Å². The number of rotatable bonds is 7. The molecule has 0 spiro atoms. The van der Waals surface area contributed by atoms with Crippen LogP contribution in [0.25, 0.3) is 0 Å². The zero-order chi connectivity index (χ0) is 14.4. The molecule has 20 heavy (non-hydrogen) atoms. The van der Waals surface area contributed by atoms with Gasteiger partial charge < -0.3 is 9.84 Å². The van der Waals surface area contributed by atoms with Crippen LogP contribution in [0.2, 0.25) is 0 Å². The molecule has 0 saturated carbocycles. The Balaban J connectivity index is 1.92. The van der Waals surface area contributed by atoms with E-state index in [9.17, 15) is 0 Å². The van der Waals surface area contributed by atoms with E-state index in [1.165, 1.54) is 4.90 Å². The highest BCUT2D eigenvalue weighted by atomic mass is 32.2. The number of hydrogen-bond acceptors (Lipinski definition) is 5. The van der Waals surface area contributed by atoms with Gasteiger partial charge in [0.15, 0.2) is 5.82 Å². The third-order valence-corrected chi connectivity index (χ3v) is 4.27. The summed E-state index contributed by atoms with van der Waals surface area (Å²) < 4.78 is 5.37. The first-order valence-corrected chi connectivity index (χ1v) is 7.93. The topological polar surface area (TPSA) is 51.0 Å². The van der Waals surface area contributed by atoms with Crippen molar-refractivity contribution in [3.05, 3.63) is 42.0 Å². The van der Waals surface area contributed by atoms with Crippen molar-refractivity contribution < 1.29 is 4.52 Å². The largest absolute Gasteiger partial charge is 0.339 e. The molecule has 0 aliphatic heterocycles. The van der Waals surface area contributed by atoms with Gasteiger partial charge in [0.25, 0.3) is 0 Å². The summed E-state index contributed by atoms with van der Waals surface area (Å²) in [6, 6.07) is 10.6. The number of likely N-dealkylation sites (N-methyl/N-ethyl adjacent to an activating group) is 1. The van der Waals surface area contributed by atoms with Crippen LogP contribution in [0.4, 0.5) is 0 Å². The van der Waals surface area contributed by atoms with Crippen LogP contribution in [0.1, 0.15) is 38.4 Å². The van der Waals surface area contributed by atoms with Crippen molar-refractivity contribution in [1.29, 1.82) is 0 Å². The first kappa shape index (κ1) is 15.1. The van der Waals surface area contributed by atoms with E-state index in [4.69, 9.17) is 4.52 Å². The van der Waals surface area contributed by atoms with Gasteiger partial charge in [-0.2, -0.15) is 4.98 Å². The molecule has 0 bridgehead atoms. The van der Waals surface area contributed by atoms with E-state index in [0.717, 1.165) is 18.1 Å². The molecule has 1 N–H and O–H groups in total. The molecule has 108 valence electrons. The van der Waals surface area contributed by atoms with Crippen molar-refractivity contribution >= 4 is 11.8 Å². The number of thioether (sulfide) groups is 1. The highest BCUT2D eigenvalue weighted by Gasteiger charge is 2.19. The smallest absolute Gasteiger partial charge is 0.231 e. The Morgan fingerprint density at radius 1 is 1.25 bits per heavy atom. The first-order valence-electron chi connectivity index (χ1n) is 6.94. The normalized spacial score (nSPS) is 14.2. The van der Waals surface area contributed by atoms with Gasteiger partial charge in [0.1, 0.15) is 0 Å². The fourth-order valence-electron chi connectivity index (χ4n) is 1.89. The summed E-state index contributed by atoms with van der Waals surface area (Å²) in [6.07, 6.45) is 0. The predicted molar refractivity (Wildman–Crippen MR) is 81.9 cm³/mol. The second-order valence-electron chi connectivity index (χ2n) is 4.79. The molecular formula is C15H21N3OS. The first-order chi connectivity index (χ1) is 9.70. The van der Waals surface area contributed by atoms with Crippen molar-refractivity contribution in [1.82, 2.24) is 15.5 Å². The zero-order valence-electron chi connectivity index (χ0n) is 12.2. The Kier molecular flexibility index (Phi) is 5.61. The molecule has 2 aromatic rings. The van der Waals surface area contributed by atoms with Gasteiger partial charge in [0, 0.05) is 10.9 Å². The third-order valence-electron chi connectivity index (χ3n) is 3.26. The van der Waals surface area contributed by atoms with E-state index in [0.29, 0.717) is 11.9 Å². The van der Waals surface area contributed by atoms with Crippen LogP contribution < -0.4 is 5.32 Å². The van der Waals surface area contributed by atoms with Gasteiger partial charge in [-0.25, -0.2) is 0 Å². The molecular weight excluding hydrogens is 270 g/mol. The molecule has 0 aliphatic carbocycles. The van der Waals surface area contributed by atoms with Crippen LogP contribution >= 0.6 is 11.8 Å². The van der Waals surface area contributed by atoms with E-state index in [1.54, 1.807) is 11.8 Å². The quantitative estimate of drug-likeness (QED) is 0.792. The monoisotopic (exact) mass is 291 g/mol. The Bertz CT molecular complexity index is 515. The Labute approximate surface area is 124 Å². The summed E-state index contributed by atoms with van der Waals surface area (Å²) in [4.78, 5) is 5.71. The van der Waals surface area contributed by atoms with E-state index in [1.807, 2.05) is 18.2 Å². The van der Waals surface area contributed by atoms with Crippen molar-refractivity contribution in [2.45, 2.75) is 43.4 Å².